The molecule has 0 spiro atoms. The average Bonchev–Trinajstić information content (AvgIpc) is 3.08. The van der Waals surface area contributed by atoms with Crippen molar-refractivity contribution in [2.24, 2.45) is 4.99 Å². The number of halogens is 2. The predicted molar refractivity (Wildman–Crippen MR) is 105 cm³/mol. The van der Waals surface area contributed by atoms with Crippen LogP contribution in [-0.4, -0.2) is 36.4 Å². The Kier molecular flexibility index (Phi) is 4.71. The Balaban J connectivity index is 1.69. The van der Waals surface area contributed by atoms with Crippen LogP contribution in [0, 0.1) is 5.82 Å². The highest BCUT2D eigenvalue weighted by atomic mass is 35.5. The molecule has 1 fully saturated rings. The highest BCUT2D eigenvalue weighted by molar-refractivity contribution is 8.15. The van der Waals surface area contributed by atoms with Gasteiger partial charge in [-0.1, -0.05) is 47.6 Å². The van der Waals surface area contributed by atoms with E-state index in [1.807, 2.05) is 35.2 Å². The van der Waals surface area contributed by atoms with Gasteiger partial charge in [-0.3, -0.25) is 4.99 Å². The van der Waals surface area contributed by atoms with Crippen LogP contribution >= 0.6 is 23.4 Å². The Morgan fingerprint density at radius 1 is 1.15 bits per heavy atom. The van der Waals surface area contributed by atoms with E-state index in [0.29, 0.717) is 15.8 Å². The first kappa shape index (κ1) is 17.8. The van der Waals surface area contributed by atoms with Crippen molar-refractivity contribution in [3.8, 4) is 0 Å². The quantitative estimate of drug-likeness (QED) is 0.773. The van der Waals surface area contributed by atoms with Crippen molar-refractivity contribution in [3.63, 3.8) is 0 Å². The Hall–Kier alpha value is -1.57. The number of hydrogen-bond donors (Lipinski definition) is 0. The summed E-state index contributed by atoms with van der Waals surface area (Å²) in [5, 5.41) is 0.995. The molecule has 2 atom stereocenters. The maximum absolute atomic E-state index is 14.3. The molecule has 0 aliphatic carbocycles. The van der Waals surface area contributed by atoms with Gasteiger partial charge in [0.15, 0.2) is 15.0 Å². The molecule has 4 rings (SSSR count). The van der Waals surface area contributed by atoms with Crippen LogP contribution in [0.15, 0.2) is 53.5 Å². The number of sulfone groups is 1. The van der Waals surface area contributed by atoms with Crippen molar-refractivity contribution in [1.29, 1.82) is 0 Å². The Bertz CT molecular complexity index is 946. The van der Waals surface area contributed by atoms with E-state index in [0.717, 1.165) is 5.69 Å². The number of para-hydroxylation sites is 1. The standard InChI is InChI=1S/C18H16ClFN2O2S2/c19-14-7-4-8-15(20)13(14)9-22(12-5-2-1-3-6-12)18-21-16-10-26(23,24)11-17(16)25-18/h1-8,16-17H,9-11H2/t16-,17+/m1/s1. The molecule has 26 heavy (non-hydrogen) atoms. The first-order valence-corrected chi connectivity index (χ1v) is 11.2. The number of nitrogens with zero attached hydrogens (tertiary/aromatic N) is 2. The van der Waals surface area contributed by atoms with Gasteiger partial charge in [0.1, 0.15) is 5.82 Å². The van der Waals surface area contributed by atoms with Crippen molar-refractivity contribution in [1.82, 2.24) is 0 Å². The molecule has 0 unspecified atom stereocenters. The average molecular weight is 411 g/mol. The second-order valence-electron chi connectivity index (χ2n) is 6.33. The molecule has 2 aliphatic heterocycles. The van der Waals surface area contributed by atoms with Crippen molar-refractivity contribution in [2.45, 2.75) is 17.8 Å². The van der Waals surface area contributed by atoms with Gasteiger partial charge in [0.05, 0.1) is 24.1 Å². The summed E-state index contributed by atoms with van der Waals surface area (Å²) in [5.41, 5.74) is 1.26. The summed E-state index contributed by atoms with van der Waals surface area (Å²) in [6, 6.07) is 13.9. The first-order chi connectivity index (χ1) is 12.4. The summed E-state index contributed by atoms with van der Waals surface area (Å²) >= 11 is 7.66. The zero-order valence-electron chi connectivity index (χ0n) is 13.7. The van der Waals surface area contributed by atoms with Gasteiger partial charge in [0.2, 0.25) is 0 Å². The second-order valence-corrected chi connectivity index (χ2v) is 10.1. The normalized spacial score (nSPS) is 23.5. The van der Waals surface area contributed by atoms with Crippen LogP contribution in [0.3, 0.4) is 0 Å². The van der Waals surface area contributed by atoms with E-state index in [2.05, 4.69) is 4.99 Å². The van der Waals surface area contributed by atoms with E-state index in [-0.39, 0.29) is 35.2 Å². The summed E-state index contributed by atoms with van der Waals surface area (Å²) in [6.45, 7) is 0.230. The SMILES string of the molecule is O=S1(=O)C[C@@H]2SC(N(Cc3c(F)cccc3Cl)c3ccccc3)=N[C@@H]2C1. The van der Waals surface area contributed by atoms with E-state index in [9.17, 15) is 12.8 Å². The summed E-state index contributed by atoms with van der Waals surface area (Å²) in [6.07, 6.45) is 0. The molecule has 0 aromatic heterocycles. The fourth-order valence-electron chi connectivity index (χ4n) is 3.19. The van der Waals surface area contributed by atoms with Crippen molar-refractivity contribution in [2.75, 3.05) is 16.4 Å². The lowest BCUT2D eigenvalue weighted by Gasteiger charge is -2.25. The van der Waals surface area contributed by atoms with Crippen LogP contribution in [0.2, 0.25) is 5.02 Å². The monoisotopic (exact) mass is 410 g/mol. The first-order valence-electron chi connectivity index (χ1n) is 8.13. The van der Waals surface area contributed by atoms with Crippen LogP contribution in [-0.2, 0) is 16.4 Å². The largest absolute Gasteiger partial charge is 0.317 e. The molecule has 8 heteroatoms. The molecule has 2 aromatic rings. The number of benzene rings is 2. The third kappa shape index (κ3) is 3.48. The Morgan fingerprint density at radius 2 is 1.92 bits per heavy atom. The smallest absolute Gasteiger partial charge is 0.164 e. The molecule has 2 aromatic carbocycles. The third-order valence-corrected chi connectivity index (χ3v) is 8.08. The van der Waals surface area contributed by atoms with Gasteiger partial charge in [-0.05, 0) is 24.3 Å². The zero-order valence-corrected chi connectivity index (χ0v) is 16.1. The van der Waals surface area contributed by atoms with Crippen molar-refractivity contribution in [3.05, 3.63) is 64.9 Å². The zero-order chi connectivity index (χ0) is 18.3. The molecular weight excluding hydrogens is 395 g/mol. The van der Waals surface area contributed by atoms with E-state index in [1.54, 1.807) is 12.1 Å². The molecule has 2 heterocycles. The molecule has 0 amide bonds. The molecule has 0 N–H and O–H groups in total. The van der Waals surface area contributed by atoms with Gasteiger partial charge in [0.25, 0.3) is 0 Å². The summed E-state index contributed by atoms with van der Waals surface area (Å²) in [7, 11) is -3.02. The molecule has 0 radical (unpaired) electrons. The molecule has 0 bridgehead atoms. The molecule has 136 valence electrons. The van der Waals surface area contributed by atoms with E-state index in [4.69, 9.17) is 11.6 Å². The minimum Gasteiger partial charge on any atom is -0.317 e. The number of fused-ring (bicyclic) bond motifs is 1. The lowest BCUT2D eigenvalue weighted by Crippen LogP contribution is -2.28. The minimum absolute atomic E-state index is 0.0719. The summed E-state index contributed by atoms with van der Waals surface area (Å²) in [5.74, 6) is -0.153. The molecule has 2 aliphatic rings. The highest BCUT2D eigenvalue weighted by Gasteiger charge is 2.44. The third-order valence-electron chi connectivity index (χ3n) is 4.48. The molecule has 0 saturated carbocycles. The maximum Gasteiger partial charge on any atom is 0.164 e. The fourth-order valence-corrected chi connectivity index (χ4v) is 7.19. The molecule has 4 nitrogen and oxygen atoms in total. The number of rotatable bonds is 3. The van der Waals surface area contributed by atoms with Gasteiger partial charge in [0, 0.05) is 21.5 Å². The number of amidine groups is 1. The number of hydrogen-bond acceptors (Lipinski definition) is 5. The van der Waals surface area contributed by atoms with E-state index in [1.165, 1.54) is 17.8 Å². The Morgan fingerprint density at radius 3 is 2.62 bits per heavy atom. The van der Waals surface area contributed by atoms with Crippen LogP contribution in [0.5, 0.6) is 0 Å². The molecule has 1 saturated heterocycles. The topological polar surface area (TPSA) is 49.7 Å². The number of aliphatic imine (C=N–C) groups is 1. The lowest BCUT2D eigenvalue weighted by atomic mass is 10.2. The van der Waals surface area contributed by atoms with Gasteiger partial charge in [-0.2, -0.15) is 0 Å². The van der Waals surface area contributed by atoms with E-state index >= 15 is 0 Å². The summed E-state index contributed by atoms with van der Waals surface area (Å²) in [4.78, 5) is 6.54. The predicted octanol–water partition coefficient (Wildman–Crippen LogP) is 3.75. The van der Waals surface area contributed by atoms with Gasteiger partial charge >= 0.3 is 0 Å². The second kappa shape index (κ2) is 6.87. The minimum atomic E-state index is -3.02. The number of thioether (sulfide) groups is 1. The highest BCUT2D eigenvalue weighted by Crippen LogP contribution is 2.37. The number of anilines is 1. The molecular formula is C18H16ClFN2O2S2. The van der Waals surface area contributed by atoms with Crippen LogP contribution < -0.4 is 4.90 Å². The van der Waals surface area contributed by atoms with Crippen LogP contribution in [0.1, 0.15) is 5.56 Å². The van der Waals surface area contributed by atoms with Crippen molar-refractivity contribution < 1.29 is 12.8 Å². The summed E-state index contributed by atoms with van der Waals surface area (Å²) < 4.78 is 37.9. The van der Waals surface area contributed by atoms with Gasteiger partial charge < -0.3 is 4.90 Å². The lowest BCUT2D eigenvalue weighted by molar-refractivity contribution is 0.601. The van der Waals surface area contributed by atoms with E-state index < -0.39 is 9.84 Å². The van der Waals surface area contributed by atoms with Gasteiger partial charge in [-0.25, -0.2) is 12.8 Å². The van der Waals surface area contributed by atoms with Crippen molar-refractivity contribution >= 4 is 44.1 Å². The maximum atomic E-state index is 14.3. The van der Waals surface area contributed by atoms with Gasteiger partial charge in [-0.15, -0.1) is 0 Å². The van der Waals surface area contributed by atoms with Crippen LogP contribution in [0.25, 0.3) is 0 Å². The Labute approximate surface area is 161 Å². The fraction of sp³-hybridized carbons (Fsp3) is 0.278. The van der Waals surface area contributed by atoms with Crippen LogP contribution in [0.4, 0.5) is 10.1 Å².